The van der Waals surface area contributed by atoms with Crippen molar-refractivity contribution in [3.05, 3.63) is 35.4 Å². The van der Waals surface area contributed by atoms with Gasteiger partial charge in [0.25, 0.3) is 0 Å². The Morgan fingerprint density at radius 3 is 2.19 bits per heavy atom. The van der Waals surface area contributed by atoms with Gasteiger partial charge in [0.05, 0.1) is 0 Å². The molecule has 0 amide bonds. The van der Waals surface area contributed by atoms with Crippen LogP contribution in [0.1, 0.15) is 51.3 Å². The molecule has 2 atom stereocenters. The van der Waals surface area contributed by atoms with E-state index in [-0.39, 0.29) is 5.41 Å². The lowest BCUT2D eigenvalue weighted by Crippen LogP contribution is -2.17. The van der Waals surface area contributed by atoms with Crippen molar-refractivity contribution < 1.29 is 0 Å². The lowest BCUT2D eigenvalue weighted by Gasteiger charge is -2.21. The Kier molecular flexibility index (Phi) is 3.07. The van der Waals surface area contributed by atoms with Gasteiger partial charge in [-0.15, -0.1) is 0 Å². The predicted octanol–water partition coefficient (Wildman–Crippen LogP) is 3.65. The molecule has 0 aliphatic carbocycles. The maximum absolute atomic E-state index is 3.58. The number of benzene rings is 1. The van der Waals surface area contributed by atoms with E-state index in [0.29, 0.717) is 6.04 Å². The van der Waals surface area contributed by atoms with Gasteiger partial charge in [-0.3, -0.25) is 0 Å². The van der Waals surface area contributed by atoms with Crippen LogP contribution < -0.4 is 5.32 Å². The average Bonchev–Trinajstić information content (AvgIpc) is 2.63. The van der Waals surface area contributed by atoms with Gasteiger partial charge in [0.1, 0.15) is 0 Å². The first-order valence-electron chi connectivity index (χ1n) is 6.32. The van der Waals surface area contributed by atoms with Crippen LogP contribution >= 0.6 is 0 Å². The van der Waals surface area contributed by atoms with E-state index in [1.807, 2.05) is 0 Å². The van der Waals surface area contributed by atoms with Crippen molar-refractivity contribution in [1.82, 2.24) is 5.32 Å². The molecule has 88 valence electrons. The molecule has 1 aliphatic heterocycles. The highest BCUT2D eigenvalue weighted by Gasteiger charge is 2.24. The van der Waals surface area contributed by atoms with E-state index in [4.69, 9.17) is 0 Å². The van der Waals surface area contributed by atoms with Crippen LogP contribution in [0.15, 0.2) is 24.3 Å². The van der Waals surface area contributed by atoms with E-state index in [2.05, 4.69) is 57.3 Å². The monoisotopic (exact) mass is 217 g/mol. The number of rotatable bonds is 1. The summed E-state index contributed by atoms with van der Waals surface area (Å²) in [4.78, 5) is 0. The molecule has 0 saturated carbocycles. The summed E-state index contributed by atoms with van der Waals surface area (Å²) in [6, 6.07) is 9.71. The fourth-order valence-corrected chi connectivity index (χ4v) is 2.47. The standard InChI is InChI=1S/C15H23N/c1-11-9-10-16-14(11)12-5-7-13(8-6-12)15(2,3)4/h5-8,11,14,16H,9-10H2,1-4H3. The average molecular weight is 217 g/mol. The predicted molar refractivity (Wildman–Crippen MR) is 69.7 cm³/mol. The normalized spacial score (nSPS) is 26.0. The van der Waals surface area contributed by atoms with Gasteiger partial charge in [-0.05, 0) is 35.4 Å². The molecule has 0 bridgehead atoms. The van der Waals surface area contributed by atoms with Crippen LogP contribution in [0.4, 0.5) is 0 Å². The van der Waals surface area contributed by atoms with Gasteiger partial charge >= 0.3 is 0 Å². The molecule has 1 heterocycles. The van der Waals surface area contributed by atoms with Crippen molar-refractivity contribution in [2.75, 3.05) is 6.54 Å². The molecule has 0 aromatic heterocycles. The zero-order valence-electron chi connectivity index (χ0n) is 10.9. The van der Waals surface area contributed by atoms with Gasteiger partial charge in [0, 0.05) is 6.04 Å². The third-order valence-corrected chi connectivity index (χ3v) is 3.67. The molecule has 1 aromatic carbocycles. The minimum Gasteiger partial charge on any atom is -0.310 e. The maximum Gasteiger partial charge on any atom is 0.0346 e. The first-order valence-corrected chi connectivity index (χ1v) is 6.32. The summed E-state index contributed by atoms with van der Waals surface area (Å²) in [5, 5.41) is 3.58. The topological polar surface area (TPSA) is 12.0 Å². The summed E-state index contributed by atoms with van der Waals surface area (Å²) in [6.45, 7) is 10.3. The van der Waals surface area contributed by atoms with Gasteiger partial charge in [-0.25, -0.2) is 0 Å². The second-order valence-electron chi connectivity index (χ2n) is 6.07. The first-order chi connectivity index (χ1) is 7.48. The van der Waals surface area contributed by atoms with E-state index in [9.17, 15) is 0 Å². The van der Waals surface area contributed by atoms with Gasteiger partial charge < -0.3 is 5.32 Å². The minimum absolute atomic E-state index is 0.257. The number of hydrogen-bond acceptors (Lipinski definition) is 1. The molecule has 2 rings (SSSR count). The van der Waals surface area contributed by atoms with Crippen molar-refractivity contribution in [3.8, 4) is 0 Å². The molecule has 1 aromatic rings. The summed E-state index contributed by atoms with van der Waals surface area (Å²) in [7, 11) is 0. The van der Waals surface area contributed by atoms with Crippen molar-refractivity contribution in [2.45, 2.75) is 45.6 Å². The summed E-state index contributed by atoms with van der Waals surface area (Å²) < 4.78 is 0. The van der Waals surface area contributed by atoms with E-state index in [1.54, 1.807) is 0 Å². The Morgan fingerprint density at radius 2 is 1.75 bits per heavy atom. The van der Waals surface area contributed by atoms with Crippen LogP contribution in [-0.2, 0) is 5.41 Å². The van der Waals surface area contributed by atoms with Crippen molar-refractivity contribution in [3.63, 3.8) is 0 Å². The molecular weight excluding hydrogens is 194 g/mol. The Balaban J connectivity index is 2.19. The first kappa shape index (κ1) is 11.7. The molecule has 16 heavy (non-hydrogen) atoms. The zero-order valence-corrected chi connectivity index (χ0v) is 10.9. The fourth-order valence-electron chi connectivity index (χ4n) is 2.47. The highest BCUT2D eigenvalue weighted by molar-refractivity contribution is 5.29. The molecule has 2 unspecified atom stereocenters. The largest absolute Gasteiger partial charge is 0.310 e. The third kappa shape index (κ3) is 2.30. The second-order valence-corrected chi connectivity index (χ2v) is 6.07. The molecule has 1 N–H and O–H groups in total. The van der Waals surface area contributed by atoms with Crippen LogP contribution in [-0.4, -0.2) is 6.54 Å². The van der Waals surface area contributed by atoms with Crippen LogP contribution in [0, 0.1) is 5.92 Å². The van der Waals surface area contributed by atoms with Crippen LogP contribution in [0.3, 0.4) is 0 Å². The van der Waals surface area contributed by atoms with Gasteiger partial charge in [0.2, 0.25) is 0 Å². The smallest absolute Gasteiger partial charge is 0.0346 e. The fraction of sp³-hybridized carbons (Fsp3) is 0.600. The highest BCUT2D eigenvalue weighted by Crippen LogP contribution is 2.30. The quantitative estimate of drug-likeness (QED) is 0.757. The third-order valence-electron chi connectivity index (χ3n) is 3.67. The summed E-state index contributed by atoms with van der Waals surface area (Å²) in [5.41, 5.74) is 3.12. The Bertz CT molecular complexity index is 345. The van der Waals surface area contributed by atoms with Crippen LogP contribution in [0.25, 0.3) is 0 Å². The molecule has 1 aliphatic rings. The number of hydrogen-bond donors (Lipinski definition) is 1. The van der Waals surface area contributed by atoms with E-state index < -0.39 is 0 Å². The summed E-state index contributed by atoms with van der Waals surface area (Å²) in [6.07, 6.45) is 1.30. The van der Waals surface area contributed by atoms with Gasteiger partial charge in [0.15, 0.2) is 0 Å². The summed E-state index contributed by atoms with van der Waals surface area (Å²) >= 11 is 0. The summed E-state index contributed by atoms with van der Waals surface area (Å²) in [5.74, 6) is 0.764. The number of nitrogens with one attached hydrogen (secondary N) is 1. The molecule has 0 radical (unpaired) electrons. The Morgan fingerprint density at radius 1 is 1.12 bits per heavy atom. The zero-order chi connectivity index (χ0) is 11.8. The molecule has 1 fully saturated rings. The van der Waals surface area contributed by atoms with E-state index in [1.165, 1.54) is 17.5 Å². The van der Waals surface area contributed by atoms with Crippen molar-refractivity contribution in [2.24, 2.45) is 5.92 Å². The van der Waals surface area contributed by atoms with E-state index >= 15 is 0 Å². The molecule has 1 nitrogen and oxygen atoms in total. The highest BCUT2D eigenvalue weighted by atomic mass is 14.9. The van der Waals surface area contributed by atoms with E-state index in [0.717, 1.165) is 12.5 Å². The van der Waals surface area contributed by atoms with Crippen LogP contribution in [0.2, 0.25) is 0 Å². The Hall–Kier alpha value is -0.820. The van der Waals surface area contributed by atoms with Crippen molar-refractivity contribution >= 4 is 0 Å². The molecular formula is C15H23N. The molecule has 1 heteroatoms. The SMILES string of the molecule is CC1CCNC1c1ccc(C(C)(C)C)cc1. The maximum atomic E-state index is 3.58. The molecule has 0 spiro atoms. The van der Waals surface area contributed by atoms with Crippen LogP contribution in [0.5, 0.6) is 0 Å². The second kappa shape index (κ2) is 4.21. The Labute approximate surface area is 99.3 Å². The van der Waals surface area contributed by atoms with Crippen molar-refractivity contribution in [1.29, 1.82) is 0 Å². The molecule has 1 saturated heterocycles. The minimum atomic E-state index is 0.257. The van der Waals surface area contributed by atoms with Gasteiger partial charge in [-0.2, -0.15) is 0 Å². The lowest BCUT2D eigenvalue weighted by molar-refractivity contribution is 0.503. The lowest BCUT2D eigenvalue weighted by atomic mass is 9.85. The van der Waals surface area contributed by atoms with Gasteiger partial charge in [-0.1, -0.05) is 52.0 Å².